The van der Waals surface area contributed by atoms with Crippen LogP contribution in [0.3, 0.4) is 0 Å². The van der Waals surface area contributed by atoms with Gasteiger partial charge in [0.05, 0.1) is 11.4 Å². The van der Waals surface area contributed by atoms with Crippen LogP contribution in [0.2, 0.25) is 0 Å². The molecule has 1 amide bonds. The fourth-order valence-electron chi connectivity index (χ4n) is 1.15. The molecule has 0 bridgehead atoms. The Morgan fingerprint density at radius 3 is 2.67 bits per heavy atom. The third-order valence-electron chi connectivity index (χ3n) is 2.02. The summed E-state index contributed by atoms with van der Waals surface area (Å²) in [7, 11) is 3.87. The highest BCUT2D eigenvalue weighted by Gasteiger charge is 2.04. The van der Waals surface area contributed by atoms with Crippen LogP contribution in [0, 0.1) is 0 Å². The number of carbonyl (C=O) groups is 1. The normalized spacial score (nSPS) is 10.3. The van der Waals surface area contributed by atoms with Crippen molar-refractivity contribution in [1.82, 2.24) is 4.90 Å². The standard InChI is InChI=1S/C11H17N3O/c1-14(2)8-7-11(15)13-10-6-4-3-5-9(10)12/h3-6H,7-8,12H2,1-2H3,(H,13,15). The third-order valence-corrected chi connectivity index (χ3v) is 2.02. The maximum atomic E-state index is 11.5. The molecule has 3 N–H and O–H groups in total. The summed E-state index contributed by atoms with van der Waals surface area (Å²) >= 11 is 0. The molecular weight excluding hydrogens is 190 g/mol. The molecule has 4 nitrogen and oxygen atoms in total. The number of hydrogen-bond acceptors (Lipinski definition) is 3. The van der Waals surface area contributed by atoms with E-state index >= 15 is 0 Å². The Labute approximate surface area is 90.1 Å². The number of hydrogen-bond donors (Lipinski definition) is 2. The summed E-state index contributed by atoms with van der Waals surface area (Å²) in [6, 6.07) is 7.24. The lowest BCUT2D eigenvalue weighted by molar-refractivity contribution is -0.116. The fraction of sp³-hybridized carbons (Fsp3) is 0.364. The van der Waals surface area contributed by atoms with Crippen molar-refractivity contribution < 1.29 is 4.79 Å². The van der Waals surface area contributed by atoms with E-state index in [1.165, 1.54) is 0 Å². The molecule has 0 spiro atoms. The number of nitrogens with two attached hydrogens (primary N) is 1. The largest absolute Gasteiger partial charge is 0.397 e. The molecule has 0 radical (unpaired) electrons. The number of benzene rings is 1. The predicted octanol–water partition coefficient (Wildman–Crippen LogP) is 1.16. The van der Waals surface area contributed by atoms with Gasteiger partial charge in [0, 0.05) is 13.0 Å². The highest BCUT2D eigenvalue weighted by molar-refractivity contribution is 5.93. The van der Waals surface area contributed by atoms with Crippen LogP contribution < -0.4 is 11.1 Å². The van der Waals surface area contributed by atoms with Crippen LogP contribution in [0.5, 0.6) is 0 Å². The molecule has 1 aromatic rings. The van der Waals surface area contributed by atoms with Crippen LogP contribution in [0.4, 0.5) is 11.4 Å². The molecule has 0 saturated carbocycles. The Balaban J connectivity index is 2.48. The minimum Gasteiger partial charge on any atom is -0.397 e. The van der Waals surface area contributed by atoms with Crippen molar-refractivity contribution in [3.63, 3.8) is 0 Å². The van der Waals surface area contributed by atoms with Gasteiger partial charge in [-0.2, -0.15) is 0 Å². The topological polar surface area (TPSA) is 58.4 Å². The highest BCUT2D eigenvalue weighted by Crippen LogP contribution is 2.16. The molecule has 0 aromatic heterocycles. The monoisotopic (exact) mass is 207 g/mol. The SMILES string of the molecule is CN(C)CCC(=O)Nc1ccccc1N. The van der Waals surface area contributed by atoms with E-state index in [2.05, 4.69) is 5.32 Å². The quantitative estimate of drug-likeness (QED) is 0.728. The average molecular weight is 207 g/mol. The lowest BCUT2D eigenvalue weighted by Crippen LogP contribution is -2.21. The molecule has 0 atom stereocenters. The van der Waals surface area contributed by atoms with Crippen molar-refractivity contribution in [1.29, 1.82) is 0 Å². The van der Waals surface area contributed by atoms with Gasteiger partial charge in [-0.05, 0) is 26.2 Å². The first-order chi connectivity index (χ1) is 7.09. The molecule has 82 valence electrons. The van der Waals surface area contributed by atoms with Crippen molar-refractivity contribution in [2.24, 2.45) is 0 Å². The lowest BCUT2D eigenvalue weighted by atomic mass is 10.2. The number of para-hydroxylation sites is 2. The number of anilines is 2. The van der Waals surface area contributed by atoms with Crippen LogP contribution in [0.25, 0.3) is 0 Å². The lowest BCUT2D eigenvalue weighted by Gasteiger charge is -2.10. The van der Waals surface area contributed by atoms with Gasteiger partial charge in [0.2, 0.25) is 5.91 Å². The van der Waals surface area contributed by atoms with Crippen LogP contribution in [0.1, 0.15) is 6.42 Å². The van der Waals surface area contributed by atoms with Crippen molar-refractivity contribution in [2.75, 3.05) is 31.7 Å². The second-order valence-electron chi connectivity index (χ2n) is 3.69. The minimum absolute atomic E-state index is 0.0124. The van der Waals surface area contributed by atoms with E-state index in [9.17, 15) is 4.79 Å². The molecule has 15 heavy (non-hydrogen) atoms. The van der Waals surface area contributed by atoms with Gasteiger partial charge in [-0.25, -0.2) is 0 Å². The summed E-state index contributed by atoms with van der Waals surface area (Å²) in [5.41, 5.74) is 6.97. The van der Waals surface area contributed by atoms with Crippen LogP contribution in [-0.4, -0.2) is 31.4 Å². The molecule has 1 aromatic carbocycles. The van der Waals surface area contributed by atoms with E-state index in [1.54, 1.807) is 12.1 Å². The summed E-state index contributed by atoms with van der Waals surface area (Å²) in [4.78, 5) is 13.4. The van der Waals surface area contributed by atoms with Gasteiger partial charge in [0.25, 0.3) is 0 Å². The van der Waals surface area contributed by atoms with Crippen molar-refractivity contribution >= 4 is 17.3 Å². The van der Waals surface area contributed by atoms with Gasteiger partial charge in [-0.15, -0.1) is 0 Å². The first kappa shape index (κ1) is 11.5. The summed E-state index contributed by atoms with van der Waals surface area (Å²) in [6.45, 7) is 0.735. The van der Waals surface area contributed by atoms with Gasteiger partial charge in [0.1, 0.15) is 0 Å². The third kappa shape index (κ3) is 3.99. The maximum absolute atomic E-state index is 11.5. The summed E-state index contributed by atoms with van der Waals surface area (Å²) in [5, 5.41) is 2.77. The van der Waals surface area contributed by atoms with Crippen LogP contribution >= 0.6 is 0 Å². The molecule has 0 unspecified atom stereocenters. The maximum Gasteiger partial charge on any atom is 0.225 e. The molecule has 0 heterocycles. The molecule has 4 heteroatoms. The van der Waals surface area contributed by atoms with Crippen LogP contribution in [-0.2, 0) is 4.79 Å². The van der Waals surface area contributed by atoms with Crippen molar-refractivity contribution in [3.05, 3.63) is 24.3 Å². The van der Waals surface area contributed by atoms with Crippen molar-refractivity contribution in [2.45, 2.75) is 6.42 Å². The molecule has 0 aliphatic heterocycles. The van der Waals surface area contributed by atoms with Crippen LogP contribution in [0.15, 0.2) is 24.3 Å². The van der Waals surface area contributed by atoms with E-state index in [0.717, 1.165) is 6.54 Å². The number of nitrogens with one attached hydrogen (secondary N) is 1. The molecular formula is C11H17N3O. The summed E-state index contributed by atoms with van der Waals surface area (Å²) < 4.78 is 0. The zero-order chi connectivity index (χ0) is 11.3. The summed E-state index contributed by atoms with van der Waals surface area (Å²) in [5.74, 6) is -0.0124. The van der Waals surface area contributed by atoms with E-state index in [1.807, 2.05) is 31.1 Å². The zero-order valence-corrected chi connectivity index (χ0v) is 9.16. The molecule has 1 rings (SSSR count). The minimum atomic E-state index is -0.0124. The fourth-order valence-corrected chi connectivity index (χ4v) is 1.15. The van der Waals surface area contributed by atoms with E-state index in [0.29, 0.717) is 17.8 Å². The van der Waals surface area contributed by atoms with Gasteiger partial charge in [-0.1, -0.05) is 12.1 Å². The molecule has 0 fully saturated rings. The molecule has 0 aliphatic rings. The number of carbonyl (C=O) groups excluding carboxylic acids is 1. The Bertz CT molecular complexity index is 336. The zero-order valence-electron chi connectivity index (χ0n) is 9.16. The second-order valence-corrected chi connectivity index (χ2v) is 3.69. The Kier molecular flexibility index (Phi) is 4.12. The van der Waals surface area contributed by atoms with Gasteiger partial charge in [0.15, 0.2) is 0 Å². The number of nitrogen functional groups attached to an aromatic ring is 1. The first-order valence-electron chi connectivity index (χ1n) is 4.88. The Morgan fingerprint density at radius 1 is 1.40 bits per heavy atom. The van der Waals surface area contributed by atoms with E-state index in [-0.39, 0.29) is 5.91 Å². The Hall–Kier alpha value is -1.55. The smallest absolute Gasteiger partial charge is 0.225 e. The summed E-state index contributed by atoms with van der Waals surface area (Å²) in [6.07, 6.45) is 0.474. The van der Waals surface area contributed by atoms with Gasteiger partial charge >= 0.3 is 0 Å². The second kappa shape index (κ2) is 5.36. The van der Waals surface area contributed by atoms with E-state index in [4.69, 9.17) is 5.73 Å². The Morgan fingerprint density at radius 2 is 2.07 bits per heavy atom. The average Bonchev–Trinajstić information content (AvgIpc) is 2.18. The predicted molar refractivity (Wildman–Crippen MR) is 62.7 cm³/mol. The first-order valence-corrected chi connectivity index (χ1v) is 4.88. The highest BCUT2D eigenvalue weighted by atomic mass is 16.1. The molecule has 0 aliphatic carbocycles. The number of nitrogens with zero attached hydrogens (tertiary/aromatic N) is 1. The van der Waals surface area contributed by atoms with Crippen molar-refractivity contribution in [3.8, 4) is 0 Å². The van der Waals surface area contributed by atoms with Gasteiger partial charge in [-0.3, -0.25) is 4.79 Å². The van der Waals surface area contributed by atoms with E-state index < -0.39 is 0 Å². The number of rotatable bonds is 4. The number of amides is 1. The molecule has 0 saturated heterocycles. The van der Waals surface area contributed by atoms with Gasteiger partial charge < -0.3 is 16.0 Å².